The molecule has 0 saturated carbocycles. The molecule has 0 aliphatic carbocycles. The van der Waals surface area contributed by atoms with Gasteiger partial charge in [-0.3, -0.25) is 9.69 Å². The van der Waals surface area contributed by atoms with Crippen LogP contribution in [0.4, 0.5) is 0 Å². The first-order valence-electron chi connectivity index (χ1n) is 10.4. The maximum Gasteiger partial charge on any atom is 0.289 e. The van der Waals surface area contributed by atoms with Crippen molar-refractivity contribution in [3.8, 4) is 0 Å². The van der Waals surface area contributed by atoms with Gasteiger partial charge >= 0.3 is 0 Å². The largest absolute Gasteiger partial charge is 0.451 e. The van der Waals surface area contributed by atoms with Crippen LogP contribution >= 0.6 is 12.4 Å². The topological polar surface area (TPSA) is 36.7 Å². The summed E-state index contributed by atoms with van der Waals surface area (Å²) in [5.41, 5.74) is 3.31. The van der Waals surface area contributed by atoms with Crippen molar-refractivity contribution in [2.45, 2.75) is 6.04 Å². The van der Waals surface area contributed by atoms with Crippen molar-refractivity contribution in [3.63, 3.8) is 0 Å². The molecule has 1 aromatic heterocycles. The smallest absolute Gasteiger partial charge is 0.289 e. The predicted octanol–water partition coefficient (Wildman–Crippen LogP) is 5.40. The van der Waals surface area contributed by atoms with Crippen LogP contribution in [-0.4, -0.2) is 41.9 Å². The molecule has 31 heavy (non-hydrogen) atoms. The molecule has 158 valence electrons. The molecule has 0 radical (unpaired) electrons. The van der Waals surface area contributed by atoms with E-state index in [9.17, 15) is 4.79 Å². The van der Waals surface area contributed by atoms with Crippen LogP contribution in [0.15, 0.2) is 95.4 Å². The van der Waals surface area contributed by atoms with E-state index >= 15 is 0 Å². The average Bonchev–Trinajstić information content (AvgIpc) is 3.25. The summed E-state index contributed by atoms with van der Waals surface area (Å²) in [5.74, 6) is 0.397. The van der Waals surface area contributed by atoms with E-state index in [1.165, 1.54) is 11.1 Å². The Bertz CT molecular complexity index is 1060. The van der Waals surface area contributed by atoms with E-state index in [2.05, 4.69) is 65.6 Å². The van der Waals surface area contributed by atoms with E-state index in [4.69, 9.17) is 4.42 Å². The van der Waals surface area contributed by atoms with Crippen LogP contribution in [0.5, 0.6) is 0 Å². The minimum Gasteiger partial charge on any atom is -0.451 e. The third-order valence-electron chi connectivity index (χ3n) is 5.83. The maximum atomic E-state index is 13.0. The summed E-state index contributed by atoms with van der Waals surface area (Å²) < 4.78 is 5.79. The molecule has 5 rings (SSSR count). The van der Waals surface area contributed by atoms with Crippen molar-refractivity contribution in [1.82, 2.24) is 9.80 Å². The van der Waals surface area contributed by atoms with Gasteiger partial charge in [0.25, 0.3) is 5.91 Å². The second kappa shape index (κ2) is 9.38. The van der Waals surface area contributed by atoms with Crippen LogP contribution in [0.3, 0.4) is 0 Å². The number of piperazine rings is 1. The first kappa shape index (κ1) is 21.2. The lowest BCUT2D eigenvalue weighted by Gasteiger charge is -2.39. The fourth-order valence-corrected chi connectivity index (χ4v) is 4.31. The number of nitrogens with zero attached hydrogens (tertiary/aromatic N) is 2. The second-order valence-corrected chi connectivity index (χ2v) is 7.70. The normalized spacial score (nSPS) is 14.5. The summed E-state index contributed by atoms with van der Waals surface area (Å²) in [7, 11) is 0. The number of hydrogen-bond acceptors (Lipinski definition) is 3. The van der Waals surface area contributed by atoms with E-state index in [1.54, 1.807) is 0 Å². The van der Waals surface area contributed by atoms with Gasteiger partial charge in [0.15, 0.2) is 5.76 Å². The first-order chi connectivity index (χ1) is 14.8. The highest BCUT2D eigenvalue weighted by Crippen LogP contribution is 2.30. The molecule has 4 aromatic rings. The monoisotopic (exact) mass is 432 g/mol. The molecule has 0 N–H and O–H groups in total. The number of hydrogen-bond donors (Lipinski definition) is 0. The summed E-state index contributed by atoms with van der Waals surface area (Å²) in [6.07, 6.45) is 0. The quantitative estimate of drug-likeness (QED) is 0.433. The number of fused-ring (bicyclic) bond motifs is 1. The minimum atomic E-state index is -0.0261. The number of amides is 1. The van der Waals surface area contributed by atoms with Gasteiger partial charge in [0.05, 0.1) is 6.04 Å². The molecule has 4 nitrogen and oxygen atoms in total. The van der Waals surface area contributed by atoms with E-state index in [0.717, 1.165) is 24.1 Å². The summed E-state index contributed by atoms with van der Waals surface area (Å²) in [6.45, 7) is 3.01. The van der Waals surface area contributed by atoms with Crippen molar-refractivity contribution in [2.24, 2.45) is 0 Å². The third-order valence-corrected chi connectivity index (χ3v) is 5.83. The number of carbonyl (C=O) groups is 1. The highest BCUT2D eigenvalue weighted by atomic mass is 35.5. The van der Waals surface area contributed by atoms with Gasteiger partial charge in [0.1, 0.15) is 5.58 Å². The lowest BCUT2D eigenvalue weighted by atomic mass is 9.96. The fraction of sp³-hybridized carbons (Fsp3) is 0.192. The van der Waals surface area contributed by atoms with E-state index < -0.39 is 0 Å². The Morgan fingerprint density at radius 1 is 0.742 bits per heavy atom. The standard InChI is InChI=1S/C26H24N2O2.ClH/c29-26(24-19-22-13-7-8-14-23(22)30-24)28-17-15-27(16-18-28)25(20-9-3-1-4-10-20)21-11-5-2-6-12-21;/h1-14,19,25H,15-18H2;1H. The van der Waals surface area contributed by atoms with Crippen molar-refractivity contribution in [3.05, 3.63) is 108 Å². The van der Waals surface area contributed by atoms with E-state index in [0.29, 0.717) is 18.8 Å². The van der Waals surface area contributed by atoms with Gasteiger partial charge < -0.3 is 9.32 Å². The molecule has 5 heteroatoms. The Hall–Kier alpha value is -3.08. The number of benzene rings is 3. The molecule has 1 aliphatic heterocycles. The molecular weight excluding hydrogens is 408 g/mol. The Morgan fingerprint density at radius 2 is 1.29 bits per heavy atom. The molecule has 2 heterocycles. The van der Waals surface area contributed by atoms with Crippen molar-refractivity contribution in [2.75, 3.05) is 26.2 Å². The van der Waals surface area contributed by atoms with E-state index in [-0.39, 0.29) is 24.4 Å². The predicted molar refractivity (Wildman–Crippen MR) is 126 cm³/mol. The Labute approximate surface area is 188 Å². The lowest BCUT2D eigenvalue weighted by Crippen LogP contribution is -2.49. The molecule has 3 aromatic carbocycles. The fourth-order valence-electron chi connectivity index (χ4n) is 4.31. The molecule has 0 spiro atoms. The Balaban J connectivity index is 0.00000231. The summed E-state index contributed by atoms with van der Waals surface area (Å²) in [4.78, 5) is 17.4. The number of halogens is 1. The lowest BCUT2D eigenvalue weighted by molar-refractivity contribution is 0.0570. The van der Waals surface area contributed by atoms with E-state index in [1.807, 2.05) is 35.2 Å². The summed E-state index contributed by atoms with van der Waals surface area (Å²) in [5, 5.41) is 0.965. The SMILES string of the molecule is Cl.O=C(c1cc2ccccc2o1)N1CCN(C(c2ccccc2)c2ccccc2)CC1. The highest BCUT2D eigenvalue weighted by molar-refractivity contribution is 5.96. The average molecular weight is 433 g/mol. The number of rotatable bonds is 4. The highest BCUT2D eigenvalue weighted by Gasteiger charge is 2.29. The summed E-state index contributed by atoms with van der Waals surface area (Å²) in [6, 6.07) is 31.0. The zero-order valence-electron chi connectivity index (χ0n) is 17.2. The zero-order valence-corrected chi connectivity index (χ0v) is 18.0. The molecule has 1 saturated heterocycles. The van der Waals surface area contributed by atoms with Gasteiger partial charge in [-0.05, 0) is 23.3 Å². The van der Waals surface area contributed by atoms with Gasteiger partial charge in [-0.2, -0.15) is 0 Å². The van der Waals surface area contributed by atoms with Crippen molar-refractivity contribution < 1.29 is 9.21 Å². The maximum absolute atomic E-state index is 13.0. The minimum absolute atomic E-state index is 0. The Kier molecular flexibility index (Phi) is 6.40. The molecule has 1 fully saturated rings. The van der Waals surface area contributed by atoms with Crippen LogP contribution in [0.1, 0.15) is 27.7 Å². The van der Waals surface area contributed by atoms with Crippen LogP contribution in [0.2, 0.25) is 0 Å². The van der Waals surface area contributed by atoms with Gasteiger partial charge in [0, 0.05) is 31.6 Å². The third kappa shape index (κ3) is 4.36. The molecule has 1 aliphatic rings. The summed E-state index contributed by atoms with van der Waals surface area (Å²) >= 11 is 0. The number of para-hydroxylation sites is 1. The van der Waals surface area contributed by atoms with Crippen LogP contribution in [0.25, 0.3) is 11.0 Å². The van der Waals surface area contributed by atoms with Crippen LogP contribution in [0, 0.1) is 0 Å². The number of carbonyl (C=O) groups excluding carboxylic acids is 1. The molecule has 1 amide bonds. The van der Waals surface area contributed by atoms with Gasteiger partial charge in [-0.15, -0.1) is 12.4 Å². The van der Waals surface area contributed by atoms with Crippen LogP contribution < -0.4 is 0 Å². The zero-order chi connectivity index (χ0) is 20.3. The van der Waals surface area contributed by atoms with Gasteiger partial charge in [-0.1, -0.05) is 78.9 Å². The van der Waals surface area contributed by atoms with Crippen LogP contribution in [-0.2, 0) is 0 Å². The first-order valence-corrected chi connectivity index (χ1v) is 10.4. The number of furan rings is 1. The molecule has 0 unspecified atom stereocenters. The second-order valence-electron chi connectivity index (χ2n) is 7.70. The van der Waals surface area contributed by atoms with Gasteiger partial charge in [-0.25, -0.2) is 0 Å². The molecule has 0 bridgehead atoms. The van der Waals surface area contributed by atoms with Crippen molar-refractivity contribution >= 4 is 29.3 Å². The Morgan fingerprint density at radius 3 is 1.87 bits per heavy atom. The van der Waals surface area contributed by atoms with Crippen molar-refractivity contribution in [1.29, 1.82) is 0 Å². The molecule has 0 atom stereocenters. The molecular formula is C26H25ClN2O2. The van der Waals surface area contributed by atoms with Gasteiger partial charge in [0.2, 0.25) is 0 Å².